The Hall–Kier alpha value is -0.0400. The van der Waals surface area contributed by atoms with Crippen LogP contribution in [-0.2, 0) is 13.4 Å². The summed E-state index contributed by atoms with van der Waals surface area (Å²) in [7, 11) is -5.85. The van der Waals surface area contributed by atoms with Gasteiger partial charge >= 0.3 is 16.5 Å². The van der Waals surface area contributed by atoms with Crippen LogP contribution in [0.3, 0.4) is 0 Å². The van der Waals surface area contributed by atoms with Crippen molar-refractivity contribution >= 4 is 16.5 Å². The molecule has 112 valence electrons. The quantitative estimate of drug-likeness (QED) is 0.336. The van der Waals surface area contributed by atoms with E-state index >= 15 is 0 Å². The van der Waals surface area contributed by atoms with Crippen molar-refractivity contribution in [2.45, 2.75) is 45.4 Å². The maximum atomic E-state index is 9.39. The van der Waals surface area contributed by atoms with Gasteiger partial charge in [-0.15, -0.1) is 9.79 Å². The zero-order valence-corrected chi connectivity index (χ0v) is 12.6. The molecule has 0 heterocycles. The first-order chi connectivity index (χ1) is 7.54. The van der Waals surface area contributed by atoms with Crippen molar-refractivity contribution in [1.82, 2.24) is 12.3 Å². The van der Waals surface area contributed by atoms with E-state index < -0.39 is 16.5 Å². The number of aliphatic hydroxyl groups excluding tert-OH is 1. The van der Waals surface area contributed by atoms with E-state index in [1.165, 1.54) is 32.1 Å². The van der Waals surface area contributed by atoms with Crippen LogP contribution in [0.15, 0.2) is 0 Å². The summed E-state index contributed by atoms with van der Waals surface area (Å²) in [6.45, 7) is 2.58. The Labute approximate surface area is 110 Å². The fourth-order valence-electron chi connectivity index (χ4n) is 0.952. The van der Waals surface area contributed by atoms with Crippen LogP contribution in [0.5, 0.6) is 0 Å². The van der Waals surface area contributed by atoms with Crippen molar-refractivity contribution in [2.75, 3.05) is 6.61 Å². The SMILES string of the molecule is CCCCCCCCO.N.N.O=[P+](O)O[P+](=O)O. The molecule has 0 aliphatic heterocycles. The Morgan fingerprint density at radius 2 is 1.28 bits per heavy atom. The van der Waals surface area contributed by atoms with Crippen LogP contribution in [0, 0.1) is 0 Å². The van der Waals surface area contributed by atoms with Gasteiger partial charge in [0.15, 0.2) is 4.31 Å². The van der Waals surface area contributed by atoms with E-state index in [0.717, 1.165) is 6.42 Å². The molecule has 0 spiro atoms. The molecule has 0 amide bonds. The van der Waals surface area contributed by atoms with Gasteiger partial charge in [-0.3, -0.25) is 0 Å². The first-order valence-corrected chi connectivity index (χ1v) is 7.41. The van der Waals surface area contributed by atoms with Crippen molar-refractivity contribution < 1.29 is 28.3 Å². The molecule has 2 atom stereocenters. The topological polar surface area (TPSA) is 174 Å². The highest BCUT2D eigenvalue weighted by molar-refractivity contribution is 7.46. The molecule has 0 saturated heterocycles. The van der Waals surface area contributed by atoms with Gasteiger partial charge < -0.3 is 17.4 Å². The third-order valence-corrected chi connectivity index (χ3v) is 2.77. The molecule has 0 saturated carbocycles. The highest BCUT2D eigenvalue weighted by Crippen LogP contribution is 2.30. The van der Waals surface area contributed by atoms with Crippen LogP contribution in [-0.4, -0.2) is 21.5 Å². The van der Waals surface area contributed by atoms with E-state index in [1.807, 2.05) is 0 Å². The monoisotopic (exact) mass is 308 g/mol. The van der Waals surface area contributed by atoms with Crippen LogP contribution in [0.25, 0.3) is 0 Å². The zero-order chi connectivity index (χ0) is 12.8. The maximum absolute atomic E-state index is 9.39. The van der Waals surface area contributed by atoms with Crippen LogP contribution in [0.4, 0.5) is 0 Å². The molecule has 0 aromatic carbocycles. The first-order valence-electron chi connectivity index (χ1n) is 5.15. The summed E-state index contributed by atoms with van der Waals surface area (Å²) in [6, 6.07) is 0. The summed E-state index contributed by atoms with van der Waals surface area (Å²) in [5.74, 6) is 0. The fourth-order valence-corrected chi connectivity index (χ4v) is 1.43. The first kappa shape index (κ1) is 26.5. The lowest BCUT2D eigenvalue weighted by Gasteiger charge is -1.95. The number of hydrogen-bond acceptors (Lipinski definition) is 6. The van der Waals surface area contributed by atoms with E-state index in [0.29, 0.717) is 6.61 Å². The summed E-state index contributed by atoms with van der Waals surface area (Å²) in [4.78, 5) is 15.3. The van der Waals surface area contributed by atoms with Gasteiger partial charge in [0, 0.05) is 15.7 Å². The summed E-state index contributed by atoms with van der Waals surface area (Å²) < 4.78 is 22.2. The van der Waals surface area contributed by atoms with Crippen molar-refractivity contribution in [1.29, 1.82) is 0 Å². The minimum atomic E-state index is -2.92. The second-order valence-corrected chi connectivity index (χ2v) is 4.65. The average Bonchev–Trinajstić information content (AvgIpc) is 2.16. The Morgan fingerprint density at radius 1 is 0.889 bits per heavy atom. The van der Waals surface area contributed by atoms with Gasteiger partial charge in [0.05, 0.1) is 0 Å². The predicted molar refractivity (Wildman–Crippen MR) is 71.2 cm³/mol. The van der Waals surface area contributed by atoms with Gasteiger partial charge in [-0.1, -0.05) is 39.0 Å². The standard InChI is InChI=1S/C8H18O.2H3N.O5P2/c1-2-3-4-5-6-7-8-9;;;1-6(2)5-7(3)4/h9H,2-8H2,1H3;2*1H3;/p+2. The molecular weight excluding hydrogens is 282 g/mol. The molecule has 2 unspecified atom stereocenters. The molecule has 9 N–H and O–H groups in total. The van der Waals surface area contributed by atoms with E-state index in [9.17, 15) is 9.13 Å². The second-order valence-electron chi connectivity index (χ2n) is 3.05. The normalized spacial score (nSPS) is 10.2. The van der Waals surface area contributed by atoms with Crippen molar-refractivity contribution in [3.63, 3.8) is 0 Å². The largest absolute Gasteiger partial charge is 0.745 e. The Kier molecular flexibility index (Phi) is 32.6. The number of unbranched alkanes of at least 4 members (excludes halogenated alkanes) is 5. The molecule has 0 fully saturated rings. The summed E-state index contributed by atoms with van der Waals surface area (Å²) in [6.07, 6.45) is 7.50. The molecular formula is C8H26N2O6P2+2. The Morgan fingerprint density at radius 3 is 1.56 bits per heavy atom. The third-order valence-electron chi connectivity index (χ3n) is 1.65. The molecule has 0 aromatic heterocycles. The molecule has 0 aliphatic rings. The molecule has 0 aromatic rings. The molecule has 8 nitrogen and oxygen atoms in total. The molecule has 0 rings (SSSR count). The average molecular weight is 308 g/mol. The van der Waals surface area contributed by atoms with E-state index in [-0.39, 0.29) is 12.3 Å². The Balaban J connectivity index is -0.000000100. The minimum absolute atomic E-state index is 0. The van der Waals surface area contributed by atoms with Crippen LogP contribution >= 0.6 is 16.5 Å². The van der Waals surface area contributed by atoms with Crippen molar-refractivity contribution in [3.05, 3.63) is 0 Å². The van der Waals surface area contributed by atoms with Gasteiger partial charge in [-0.05, 0) is 6.42 Å². The van der Waals surface area contributed by atoms with Crippen LogP contribution < -0.4 is 12.3 Å². The molecule has 0 bridgehead atoms. The molecule has 10 heteroatoms. The smallest absolute Gasteiger partial charge is 0.396 e. The van der Waals surface area contributed by atoms with E-state index in [1.54, 1.807) is 0 Å². The van der Waals surface area contributed by atoms with E-state index in [4.69, 9.17) is 14.9 Å². The lowest BCUT2D eigenvalue weighted by molar-refractivity contribution is 0.282. The van der Waals surface area contributed by atoms with E-state index in [2.05, 4.69) is 11.2 Å². The van der Waals surface area contributed by atoms with Crippen molar-refractivity contribution in [2.24, 2.45) is 0 Å². The minimum Gasteiger partial charge on any atom is -0.396 e. The summed E-state index contributed by atoms with van der Waals surface area (Å²) >= 11 is 0. The lowest BCUT2D eigenvalue weighted by Crippen LogP contribution is -1.82. The highest BCUT2D eigenvalue weighted by atomic mass is 31.2. The Bertz CT molecular complexity index is 178. The molecule has 18 heavy (non-hydrogen) atoms. The van der Waals surface area contributed by atoms with Gasteiger partial charge in [0.25, 0.3) is 0 Å². The zero-order valence-electron chi connectivity index (χ0n) is 10.8. The molecule has 0 radical (unpaired) electrons. The van der Waals surface area contributed by atoms with Gasteiger partial charge in [0.2, 0.25) is 0 Å². The van der Waals surface area contributed by atoms with Gasteiger partial charge in [-0.2, -0.15) is 0 Å². The summed E-state index contributed by atoms with van der Waals surface area (Å²) in [5.41, 5.74) is 0. The number of rotatable bonds is 8. The van der Waals surface area contributed by atoms with Crippen molar-refractivity contribution in [3.8, 4) is 0 Å². The maximum Gasteiger partial charge on any atom is 0.745 e. The second kappa shape index (κ2) is 22.2. The van der Waals surface area contributed by atoms with Crippen LogP contribution in [0.1, 0.15) is 45.4 Å². The highest BCUT2D eigenvalue weighted by Gasteiger charge is 2.31. The van der Waals surface area contributed by atoms with Gasteiger partial charge in [-0.25, -0.2) is 0 Å². The predicted octanol–water partition coefficient (Wildman–Crippen LogP) is 2.97. The number of hydrogen-bond donors (Lipinski definition) is 5. The number of aliphatic hydroxyl groups is 1. The van der Waals surface area contributed by atoms with Crippen LogP contribution in [0.2, 0.25) is 0 Å². The summed E-state index contributed by atoms with van der Waals surface area (Å²) in [5, 5.41) is 8.42. The fraction of sp³-hybridized carbons (Fsp3) is 1.00. The molecule has 0 aliphatic carbocycles. The van der Waals surface area contributed by atoms with Gasteiger partial charge in [0.1, 0.15) is 0 Å². The third kappa shape index (κ3) is 36.0. The lowest BCUT2D eigenvalue weighted by atomic mass is 10.1.